The number of carboxylic acid groups (broad SMARTS) is 1. The average Bonchev–Trinajstić information content (AvgIpc) is 3.37. The summed E-state index contributed by atoms with van der Waals surface area (Å²) in [5.74, 6) is 0.577. The minimum absolute atomic E-state index is 0.0876. The molecule has 2 aromatic carbocycles. The maximum Gasteiger partial charge on any atom is 0.343 e. The van der Waals surface area contributed by atoms with Gasteiger partial charge < -0.3 is 34.2 Å². The molecule has 0 saturated carbocycles. The van der Waals surface area contributed by atoms with Gasteiger partial charge in [-0.15, -0.1) is 0 Å². The smallest absolute Gasteiger partial charge is 0.343 e. The van der Waals surface area contributed by atoms with Crippen molar-refractivity contribution in [2.75, 3.05) is 19.7 Å². The average molecular weight is 403 g/mol. The number of benzene rings is 2. The Morgan fingerprint density at radius 3 is 2.71 bits per heavy atom. The molecule has 2 N–H and O–H groups in total. The maximum absolute atomic E-state index is 12.5. The number of hydrogen-bond donors (Lipinski definition) is 1. The quantitative estimate of drug-likeness (QED) is 0.552. The number of thioether (sulfide) groups is 1. The fourth-order valence-electron chi connectivity index (χ4n) is 3.01. The Kier molecular flexibility index (Phi) is 5.01. The van der Waals surface area contributed by atoms with Gasteiger partial charge in [0.1, 0.15) is 12.0 Å². The van der Waals surface area contributed by atoms with Gasteiger partial charge >= 0.3 is 5.97 Å². The van der Waals surface area contributed by atoms with Gasteiger partial charge in [-0.3, -0.25) is 0 Å². The minimum Gasteiger partial charge on any atom is -0.544 e. The predicted octanol–water partition coefficient (Wildman–Crippen LogP) is 0.0704. The van der Waals surface area contributed by atoms with Crippen LogP contribution < -0.4 is 29.4 Å². The summed E-state index contributed by atoms with van der Waals surface area (Å²) in [6, 6.07) is 9.41. The van der Waals surface area contributed by atoms with E-state index in [1.165, 1.54) is 18.9 Å². The molecule has 2 atom stereocenters. The van der Waals surface area contributed by atoms with E-state index in [9.17, 15) is 14.7 Å². The number of carboxylic acids is 1. The van der Waals surface area contributed by atoms with Gasteiger partial charge in [-0.2, -0.15) is 0 Å². The molecule has 1 fully saturated rings. The molecule has 2 aliphatic rings. The van der Waals surface area contributed by atoms with Gasteiger partial charge in [0.25, 0.3) is 0 Å². The molecule has 2 aliphatic heterocycles. The number of esters is 1. The molecule has 0 aromatic heterocycles. The summed E-state index contributed by atoms with van der Waals surface area (Å²) in [5, 5.41) is 12.7. The van der Waals surface area contributed by atoms with Gasteiger partial charge in [-0.25, -0.2) is 4.79 Å². The molecular formula is C19H17NO7S. The van der Waals surface area contributed by atoms with Crippen molar-refractivity contribution in [3.8, 4) is 23.0 Å². The molecule has 4 rings (SSSR count). The lowest BCUT2D eigenvalue weighted by Crippen LogP contribution is -2.90. The van der Waals surface area contributed by atoms with Crippen molar-refractivity contribution in [3.05, 3.63) is 47.5 Å². The van der Waals surface area contributed by atoms with Gasteiger partial charge in [0.15, 0.2) is 28.4 Å². The van der Waals surface area contributed by atoms with E-state index in [1.807, 2.05) is 0 Å². The van der Waals surface area contributed by atoms with Crippen LogP contribution in [0.4, 0.5) is 0 Å². The number of carbonyl (C=O) groups is 2. The highest BCUT2D eigenvalue weighted by atomic mass is 32.2. The normalized spacial score (nSPS) is 20.0. The Hall–Kier alpha value is -2.91. The molecule has 0 radical (unpaired) electrons. The predicted molar refractivity (Wildman–Crippen MR) is 96.4 cm³/mol. The summed E-state index contributed by atoms with van der Waals surface area (Å²) in [7, 11) is 1.48. The van der Waals surface area contributed by atoms with Crippen molar-refractivity contribution in [1.82, 2.24) is 0 Å². The summed E-state index contributed by atoms with van der Waals surface area (Å²) in [6.45, 7) is 0.123. The van der Waals surface area contributed by atoms with Crippen LogP contribution in [-0.2, 0) is 4.79 Å². The summed E-state index contributed by atoms with van der Waals surface area (Å²) in [4.78, 5) is 23.5. The first-order chi connectivity index (χ1) is 13.5. The molecule has 9 heteroatoms. The Balaban J connectivity index is 1.50. The fraction of sp³-hybridized carbons (Fsp3) is 0.263. The van der Waals surface area contributed by atoms with Crippen LogP contribution in [0.15, 0.2) is 36.4 Å². The molecular weight excluding hydrogens is 386 g/mol. The number of carbonyl (C=O) groups excluding carboxylic acids is 2. The minimum atomic E-state index is -1.07. The first-order valence-electron chi connectivity index (χ1n) is 8.52. The fourth-order valence-corrected chi connectivity index (χ4v) is 4.31. The molecule has 2 aromatic rings. The van der Waals surface area contributed by atoms with E-state index in [0.29, 0.717) is 28.6 Å². The monoisotopic (exact) mass is 403 g/mol. The van der Waals surface area contributed by atoms with Crippen LogP contribution >= 0.6 is 11.8 Å². The van der Waals surface area contributed by atoms with Crippen LogP contribution in [0.1, 0.15) is 21.3 Å². The van der Waals surface area contributed by atoms with E-state index in [2.05, 4.69) is 0 Å². The molecule has 0 aliphatic carbocycles. The van der Waals surface area contributed by atoms with Gasteiger partial charge in [0.2, 0.25) is 6.79 Å². The number of aliphatic carboxylic acids is 1. The molecule has 146 valence electrons. The van der Waals surface area contributed by atoms with Gasteiger partial charge in [0, 0.05) is 5.56 Å². The molecule has 8 nitrogen and oxygen atoms in total. The van der Waals surface area contributed by atoms with Crippen LogP contribution in [0.3, 0.4) is 0 Å². The number of fused-ring (bicyclic) bond motifs is 1. The SMILES string of the molecule is COc1cc([C@@H]2[NH2+][C@H](C(=O)[O-])CS2)ccc1OC(=O)c1ccc2c(c1)OCO2. The largest absolute Gasteiger partial charge is 0.544 e. The van der Waals surface area contributed by atoms with E-state index in [0.717, 1.165) is 5.56 Å². The Labute approximate surface area is 164 Å². The third kappa shape index (κ3) is 3.58. The third-order valence-corrected chi connectivity index (χ3v) is 5.83. The van der Waals surface area contributed by atoms with Crippen molar-refractivity contribution in [1.29, 1.82) is 0 Å². The Morgan fingerprint density at radius 2 is 1.96 bits per heavy atom. The highest BCUT2D eigenvalue weighted by Gasteiger charge is 2.31. The van der Waals surface area contributed by atoms with E-state index >= 15 is 0 Å². The molecule has 1 saturated heterocycles. The van der Waals surface area contributed by atoms with Gasteiger partial charge in [-0.1, -0.05) is 11.8 Å². The number of hydrogen-bond acceptors (Lipinski definition) is 8. The second-order valence-electron chi connectivity index (χ2n) is 6.24. The number of ether oxygens (including phenoxy) is 4. The highest BCUT2D eigenvalue weighted by molar-refractivity contribution is 7.99. The second-order valence-corrected chi connectivity index (χ2v) is 7.41. The van der Waals surface area contributed by atoms with E-state index in [1.54, 1.807) is 41.7 Å². The standard InChI is InChI=1S/C19H17NO7S/c1-24-15-6-10(17-20-12(8-28-17)18(21)22)2-5-14(15)27-19(23)11-3-4-13-16(7-11)26-9-25-13/h2-7,12,17,20H,8-9H2,1H3,(H,21,22)/t12-,17+/m0/s1. The molecule has 0 amide bonds. The van der Waals surface area contributed by atoms with Gasteiger partial charge in [-0.05, 0) is 36.4 Å². The lowest BCUT2D eigenvalue weighted by molar-refractivity contribution is -0.690. The molecule has 0 bridgehead atoms. The van der Waals surface area contributed by atoms with Crippen molar-refractivity contribution < 1.29 is 39.0 Å². The number of quaternary nitrogens is 1. The topological polar surface area (TPSA) is 111 Å². The number of rotatable bonds is 5. The van der Waals surface area contributed by atoms with E-state index < -0.39 is 18.0 Å². The van der Waals surface area contributed by atoms with Crippen LogP contribution in [0, 0.1) is 0 Å². The summed E-state index contributed by atoms with van der Waals surface area (Å²) in [6.07, 6.45) is 0. The summed E-state index contributed by atoms with van der Waals surface area (Å²) in [5.41, 5.74) is 1.19. The zero-order valence-electron chi connectivity index (χ0n) is 14.9. The number of methoxy groups -OCH3 is 1. The lowest BCUT2D eigenvalue weighted by atomic mass is 10.1. The Morgan fingerprint density at radius 1 is 1.14 bits per heavy atom. The van der Waals surface area contributed by atoms with E-state index in [-0.39, 0.29) is 17.9 Å². The zero-order chi connectivity index (χ0) is 19.7. The molecule has 0 unspecified atom stereocenters. The van der Waals surface area contributed by atoms with Crippen LogP contribution in [0.5, 0.6) is 23.0 Å². The van der Waals surface area contributed by atoms with Crippen molar-refractivity contribution >= 4 is 23.7 Å². The van der Waals surface area contributed by atoms with Crippen molar-refractivity contribution in [3.63, 3.8) is 0 Å². The van der Waals surface area contributed by atoms with E-state index in [4.69, 9.17) is 18.9 Å². The molecule has 28 heavy (non-hydrogen) atoms. The lowest BCUT2D eigenvalue weighted by Gasteiger charge is -2.14. The third-order valence-electron chi connectivity index (χ3n) is 4.49. The first-order valence-corrected chi connectivity index (χ1v) is 9.57. The zero-order valence-corrected chi connectivity index (χ0v) is 15.7. The number of nitrogens with two attached hydrogens (primary N) is 1. The Bertz CT molecular complexity index is 932. The summed E-state index contributed by atoms with van der Waals surface area (Å²) < 4.78 is 21.3. The second kappa shape index (κ2) is 7.61. The van der Waals surface area contributed by atoms with Gasteiger partial charge in [0.05, 0.1) is 18.4 Å². The summed E-state index contributed by atoms with van der Waals surface area (Å²) >= 11 is 1.51. The first kappa shape index (κ1) is 18.5. The van der Waals surface area contributed by atoms with Crippen molar-refractivity contribution in [2.45, 2.75) is 11.4 Å². The van der Waals surface area contributed by atoms with Crippen molar-refractivity contribution in [2.24, 2.45) is 0 Å². The molecule has 0 spiro atoms. The van der Waals surface area contributed by atoms with Crippen LogP contribution in [-0.4, -0.2) is 37.6 Å². The van der Waals surface area contributed by atoms with Crippen LogP contribution in [0.25, 0.3) is 0 Å². The highest BCUT2D eigenvalue weighted by Crippen LogP contribution is 2.36. The maximum atomic E-state index is 12.5. The molecule has 2 heterocycles. The van der Waals surface area contributed by atoms with Crippen LogP contribution in [0.2, 0.25) is 0 Å².